The Hall–Kier alpha value is 0.160. The summed E-state index contributed by atoms with van der Waals surface area (Å²) in [6.07, 6.45) is 1.72. The van der Waals surface area contributed by atoms with E-state index < -0.39 is 9.24 Å². The van der Waals surface area contributed by atoms with Crippen molar-refractivity contribution in [3.05, 3.63) is 0 Å². The maximum Gasteiger partial charge on any atom is 0.299 e. The van der Waals surface area contributed by atoms with Gasteiger partial charge in [0, 0.05) is 29.8 Å². The third-order valence-electron chi connectivity index (χ3n) is 2.46. The quantitative estimate of drug-likeness (QED) is 0.644. The summed E-state index contributed by atoms with van der Waals surface area (Å²) < 4.78 is 23.2. The Morgan fingerprint density at radius 2 is 1.77 bits per heavy atom. The Bertz CT molecular complexity index is 258. The molecule has 0 aromatic carbocycles. The maximum atomic E-state index is 10.9. The van der Waals surface area contributed by atoms with Crippen LogP contribution in [0.15, 0.2) is 0 Å². The Morgan fingerprint density at radius 3 is 2.08 bits per heavy atom. The molecule has 6 heteroatoms. The summed E-state index contributed by atoms with van der Waals surface area (Å²) in [5.41, 5.74) is 0. The third-order valence-corrected chi connectivity index (χ3v) is 4.03. The van der Waals surface area contributed by atoms with Crippen LogP contribution in [-0.2, 0) is 9.24 Å². The van der Waals surface area contributed by atoms with Crippen LogP contribution in [0.25, 0.3) is 0 Å². The summed E-state index contributed by atoms with van der Waals surface area (Å²) >= 11 is 0. The number of piperidine rings is 1. The van der Waals surface area contributed by atoms with E-state index in [0.717, 1.165) is 12.8 Å². The van der Waals surface area contributed by atoms with E-state index in [1.54, 1.807) is 0 Å². The average molecular weight is 227 g/mol. The predicted molar refractivity (Wildman–Crippen MR) is 53.1 cm³/mol. The van der Waals surface area contributed by atoms with Gasteiger partial charge in [-0.25, -0.2) is 0 Å². The second-order valence-corrected chi connectivity index (χ2v) is 6.05. The molecule has 0 atom stereocenters. The molecular formula is C7H15ClN2O2S. The van der Waals surface area contributed by atoms with Gasteiger partial charge >= 0.3 is 0 Å². The van der Waals surface area contributed by atoms with Crippen LogP contribution in [0.1, 0.15) is 12.8 Å². The summed E-state index contributed by atoms with van der Waals surface area (Å²) in [6.45, 7) is 1.07. The lowest BCUT2D eigenvalue weighted by molar-refractivity contribution is 0.198. The number of hydrogen-bond donors (Lipinski definition) is 0. The van der Waals surface area contributed by atoms with Crippen molar-refractivity contribution in [3.8, 4) is 0 Å². The van der Waals surface area contributed by atoms with E-state index in [-0.39, 0.29) is 0 Å². The molecule has 0 aromatic rings. The summed E-state index contributed by atoms with van der Waals surface area (Å²) in [4.78, 5) is 2.12. The zero-order chi connectivity index (χ0) is 10.1. The van der Waals surface area contributed by atoms with Gasteiger partial charge in [-0.2, -0.15) is 12.7 Å². The SMILES string of the molecule is CN(C)C1CCN(S(=O)(=O)Cl)CC1. The molecule has 0 amide bonds. The van der Waals surface area contributed by atoms with Crippen LogP contribution >= 0.6 is 10.7 Å². The maximum absolute atomic E-state index is 10.9. The van der Waals surface area contributed by atoms with Crippen molar-refractivity contribution >= 4 is 19.9 Å². The molecule has 78 valence electrons. The van der Waals surface area contributed by atoms with Crippen LogP contribution in [0.4, 0.5) is 0 Å². The van der Waals surface area contributed by atoms with E-state index in [1.165, 1.54) is 4.31 Å². The lowest BCUT2D eigenvalue weighted by Gasteiger charge is -2.32. The van der Waals surface area contributed by atoms with Gasteiger partial charge in [-0.1, -0.05) is 0 Å². The van der Waals surface area contributed by atoms with Gasteiger partial charge in [-0.15, -0.1) is 0 Å². The van der Waals surface area contributed by atoms with Crippen molar-refractivity contribution in [1.82, 2.24) is 9.21 Å². The summed E-state index contributed by atoms with van der Waals surface area (Å²) in [6, 6.07) is 0.481. The van der Waals surface area contributed by atoms with Crippen molar-refractivity contribution in [2.75, 3.05) is 27.2 Å². The fourth-order valence-electron chi connectivity index (χ4n) is 1.58. The van der Waals surface area contributed by atoms with Crippen molar-refractivity contribution in [2.45, 2.75) is 18.9 Å². The largest absolute Gasteiger partial charge is 0.306 e. The van der Waals surface area contributed by atoms with Crippen LogP contribution in [0.2, 0.25) is 0 Å². The van der Waals surface area contributed by atoms with E-state index in [0.29, 0.717) is 19.1 Å². The van der Waals surface area contributed by atoms with E-state index in [4.69, 9.17) is 10.7 Å². The molecule has 0 aliphatic carbocycles. The van der Waals surface area contributed by atoms with Gasteiger partial charge in [0.2, 0.25) is 0 Å². The molecule has 1 saturated heterocycles. The molecule has 1 fully saturated rings. The van der Waals surface area contributed by atoms with Crippen molar-refractivity contribution in [3.63, 3.8) is 0 Å². The van der Waals surface area contributed by atoms with Crippen molar-refractivity contribution in [2.24, 2.45) is 0 Å². The van der Waals surface area contributed by atoms with Crippen molar-refractivity contribution < 1.29 is 8.42 Å². The molecule has 13 heavy (non-hydrogen) atoms. The van der Waals surface area contributed by atoms with E-state index in [1.807, 2.05) is 14.1 Å². The highest BCUT2D eigenvalue weighted by Gasteiger charge is 2.26. The van der Waals surface area contributed by atoms with Crippen LogP contribution < -0.4 is 0 Å². The fraction of sp³-hybridized carbons (Fsp3) is 1.00. The summed E-state index contributed by atoms with van der Waals surface area (Å²) in [5.74, 6) is 0. The molecule has 0 radical (unpaired) electrons. The number of nitrogens with zero attached hydrogens (tertiary/aromatic N) is 2. The zero-order valence-corrected chi connectivity index (χ0v) is 9.48. The number of halogens is 1. The first kappa shape index (κ1) is 11.2. The Balaban J connectivity index is 2.49. The summed E-state index contributed by atoms with van der Waals surface area (Å²) in [5, 5.41) is 0. The Morgan fingerprint density at radius 1 is 1.31 bits per heavy atom. The first-order chi connectivity index (χ1) is 5.91. The monoisotopic (exact) mass is 226 g/mol. The van der Waals surface area contributed by atoms with Crippen molar-refractivity contribution in [1.29, 1.82) is 0 Å². The zero-order valence-electron chi connectivity index (χ0n) is 7.90. The summed E-state index contributed by atoms with van der Waals surface area (Å²) in [7, 11) is 5.75. The fourth-order valence-corrected chi connectivity index (χ4v) is 2.64. The van der Waals surface area contributed by atoms with Gasteiger partial charge in [0.05, 0.1) is 0 Å². The molecule has 1 rings (SSSR count). The molecule has 0 unspecified atom stereocenters. The lowest BCUT2D eigenvalue weighted by Crippen LogP contribution is -2.42. The predicted octanol–water partition coefficient (Wildman–Crippen LogP) is 0.496. The number of rotatable bonds is 2. The standard InChI is InChI=1S/C7H15ClN2O2S/c1-9(2)7-3-5-10(6-4-7)13(8,11)12/h7H,3-6H2,1-2H3. The minimum absolute atomic E-state index is 0.481. The molecule has 0 saturated carbocycles. The smallest absolute Gasteiger partial charge is 0.299 e. The topological polar surface area (TPSA) is 40.6 Å². The molecule has 1 heterocycles. The third kappa shape index (κ3) is 3.09. The van der Waals surface area contributed by atoms with Gasteiger partial charge < -0.3 is 4.90 Å². The normalized spacial score (nSPS) is 22.5. The highest BCUT2D eigenvalue weighted by atomic mass is 35.7. The first-order valence-electron chi connectivity index (χ1n) is 4.27. The molecule has 1 aliphatic rings. The van der Waals surface area contributed by atoms with Gasteiger partial charge in [0.25, 0.3) is 9.24 Å². The first-order valence-corrected chi connectivity index (χ1v) is 6.54. The molecule has 1 aliphatic heterocycles. The van der Waals surface area contributed by atoms with E-state index in [2.05, 4.69) is 4.90 Å². The van der Waals surface area contributed by atoms with Gasteiger partial charge in [-0.3, -0.25) is 0 Å². The molecule has 0 aromatic heterocycles. The van der Waals surface area contributed by atoms with E-state index >= 15 is 0 Å². The molecule has 4 nitrogen and oxygen atoms in total. The molecule has 0 bridgehead atoms. The second kappa shape index (κ2) is 4.13. The van der Waals surface area contributed by atoms with Crippen LogP contribution in [0.3, 0.4) is 0 Å². The van der Waals surface area contributed by atoms with Gasteiger partial charge in [0.1, 0.15) is 0 Å². The Kier molecular flexibility index (Phi) is 3.57. The molecule has 0 N–H and O–H groups in total. The van der Waals surface area contributed by atoms with Gasteiger partial charge in [-0.05, 0) is 26.9 Å². The lowest BCUT2D eigenvalue weighted by atomic mass is 10.1. The minimum Gasteiger partial charge on any atom is -0.306 e. The van der Waals surface area contributed by atoms with Crippen LogP contribution in [0.5, 0.6) is 0 Å². The highest BCUT2D eigenvalue weighted by molar-refractivity contribution is 8.11. The number of hydrogen-bond acceptors (Lipinski definition) is 3. The highest BCUT2D eigenvalue weighted by Crippen LogP contribution is 2.18. The van der Waals surface area contributed by atoms with E-state index in [9.17, 15) is 8.42 Å². The molecular weight excluding hydrogens is 212 g/mol. The van der Waals surface area contributed by atoms with Crippen LogP contribution in [-0.4, -0.2) is 50.8 Å². The molecule has 0 spiro atoms. The average Bonchev–Trinajstić information content (AvgIpc) is 2.03. The second-order valence-electron chi connectivity index (χ2n) is 3.54. The van der Waals surface area contributed by atoms with Crippen LogP contribution in [0, 0.1) is 0 Å². The minimum atomic E-state index is -3.49. The van der Waals surface area contributed by atoms with Gasteiger partial charge in [0.15, 0.2) is 0 Å². The Labute approximate surface area is 84.0 Å².